The van der Waals surface area contributed by atoms with E-state index in [0.717, 1.165) is 6.08 Å². The van der Waals surface area contributed by atoms with Crippen LogP contribution in [0.15, 0.2) is 66.7 Å². The maximum atomic E-state index is 14.3. The van der Waals surface area contributed by atoms with Crippen molar-refractivity contribution in [3.63, 3.8) is 0 Å². The molecule has 154 valence electrons. The number of halogens is 3. The Kier molecular flexibility index (Phi) is 4.81. The van der Waals surface area contributed by atoms with E-state index in [2.05, 4.69) is 15.0 Å². The number of fused-ring (bicyclic) bond motifs is 1. The van der Waals surface area contributed by atoms with Gasteiger partial charge in [0.15, 0.2) is 0 Å². The summed E-state index contributed by atoms with van der Waals surface area (Å²) in [6, 6.07) is 7.67. The van der Waals surface area contributed by atoms with E-state index >= 15 is 0 Å². The molecule has 0 saturated heterocycles. The van der Waals surface area contributed by atoms with E-state index in [1.165, 1.54) is 36.7 Å². The number of benzene rings is 1. The highest BCUT2D eigenvalue weighted by molar-refractivity contribution is 5.80. The first-order valence-corrected chi connectivity index (χ1v) is 9.09. The van der Waals surface area contributed by atoms with Gasteiger partial charge in [-0.15, -0.1) is 0 Å². The number of H-pyrrole nitrogens is 1. The third-order valence-corrected chi connectivity index (χ3v) is 5.04. The average molecular weight is 414 g/mol. The molecule has 0 saturated carbocycles. The van der Waals surface area contributed by atoms with Crippen molar-refractivity contribution in [3.05, 3.63) is 72.2 Å². The zero-order valence-electron chi connectivity index (χ0n) is 15.6. The molecule has 1 aromatic carbocycles. The Morgan fingerprint density at radius 1 is 1.23 bits per heavy atom. The van der Waals surface area contributed by atoms with Crippen molar-refractivity contribution >= 4 is 16.9 Å². The standard InChI is InChI=1S/C21H17F3N4O2/c22-21(23,24)20(8-5-13(6-9-20)11-17(25)29)15-3-1-2-4-16(15)30-19-14-7-10-26-18(14)27-12-28-19/h1-8,10,12H,9,11H2,(H2,25,29)(H,26,27,28). The second-order valence-corrected chi connectivity index (χ2v) is 6.95. The predicted molar refractivity (Wildman–Crippen MR) is 104 cm³/mol. The fraction of sp³-hybridized carbons (Fsp3) is 0.190. The number of aromatic nitrogens is 3. The molecule has 1 aliphatic carbocycles. The Balaban J connectivity index is 1.77. The van der Waals surface area contributed by atoms with E-state index in [4.69, 9.17) is 10.5 Å². The molecule has 0 fully saturated rings. The lowest BCUT2D eigenvalue weighted by molar-refractivity contribution is -0.175. The summed E-state index contributed by atoms with van der Waals surface area (Å²) in [4.78, 5) is 22.2. The first-order valence-electron chi connectivity index (χ1n) is 9.09. The van der Waals surface area contributed by atoms with Crippen molar-refractivity contribution in [3.8, 4) is 11.6 Å². The zero-order chi connectivity index (χ0) is 21.4. The Labute approximate surface area is 169 Å². The largest absolute Gasteiger partial charge is 0.438 e. The summed E-state index contributed by atoms with van der Waals surface area (Å²) in [7, 11) is 0. The molecule has 0 aliphatic heterocycles. The van der Waals surface area contributed by atoms with Gasteiger partial charge in [0.2, 0.25) is 11.8 Å². The average Bonchev–Trinajstić information content (AvgIpc) is 3.18. The van der Waals surface area contributed by atoms with E-state index in [1.807, 2.05) is 0 Å². The molecule has 0 radical (unpaired) electrons. The second kappa shape index (κ2) is 7.33. The summed E-state index contributed by atoms with van der Waals surface area (Å²) < 4.78 is 48.9. The van der Waals surface area contributed by atoms with Gasteiger partial charge in [0.25, 0.3) is 0 Å². The van der Waals surface area contributed by atoms with Crippen molar-refractivity contribution < 1.29 is 22.7 Å². The van der Waals surface area contributed by atoms with Gasteiger partial charge < -0.3 is 15.5 Å². The van der Waals surface area contributed by atoms with Crippen molar-refractivity contribution in [2.45, 2.75) is 24.4 Å². The molecular formula is C21H17F3N4O2. The number of hydrogen-bond donors (Lipinski definition) is 2. The van der Waals surface area contributed by atoms with Crippen LogP contribution in [0.5, 0.6) is 11.6 Å². The number of allylic oxidation sites excluding steroid dienone is 3. The van der Waals surface area contributed by atoms with Gasteiger partial charge in [-0.3, -0.25) is 4.79 Å². The molecule has 4 rings (SSSR count). The number of hydrogen-bond acceptors (Lipinski definition) is 4. The zero-order valence-corrected chi connectivity index (χ0v) is 15.6. The number of ether oxygens (including phenoxy) is 1. The molecule has 1 amide bonds. The molecule has 2 aromatic heterocycles. The van der Waals surface area contributed by atoms with Crippen LogP contribution >= 0.6 is 0 Å². The van der Waals surface area contributed by atoms with Gasteiger partial charge in [-0.1, -0.05) is 36.4 Å². The molecule has 2 heterocycles. The normalized spacial score (nSPS) is 19.0. The fourth-order valence-electron chi connectivity index (χ4n) is 3.53. The Morgan fingerprint density at radius 2 is 2.03 bits per heavy atom. The van der Waals surface area contributed by atoms with E-state index in [0.29, 0.717) is 16.6 Å². The van der Waals surface area contributed by atoms with Gasteiger partial charge in [0.05, 0.1) is 11.8 Å². The van der Waals surface area contributed by atoms with Crippen molar-refractivity contribution in [1.82, 2.24) is 15.0 Å². The van der Waals surface area contributed by atoms with Crippen LogP contribution in [0.25, 0.3) is 11.0 Å². The second-order valence-electron chi connectivity index (χ2n) is 6.95. The minimum absolute atomic E-state index is 0.0347. The van der Waals surface area contributed by atoms with Crippen LogP contribution in [0.4, 0.5) is 13.2 Å². The number of rotatable bonds is 5. The first kappa shape index (κ1) is 19.7. The molecule has 1 aliphatic rings. The smallest absolute Gasteiger partial charge is 0.402 e. The van der Waals surface area contributed by atoms with E-state index in [-0.39, 0.29) is 30.0 Å². The lowest BCUT2D eigenvalue weighted by atomic mass is 9.73. The lowest BCUT2D eigenvalue weighted by Crippen LogP contribution is -2.41. The summed E-state index contributed by atoms with van der Waals surface area (Å²) in [5.41, 5.74) is 3.77. The Bertz CT molecular complexity index is 1170. The molecule has 1 unspecified atom stereocenters. The maximum Gasteiger partial charge on any atom is 0.402 e. The summed E-state index contributed by atoms with van der Waals surface area (Å²) in [5, 5.41) is 0.552. The van der Waals surface area contributed by atoms with Crippen molar-refractivity contribution in [2.75, 3.05) is 0 Å². The highest BCUT2D eigenvalue weighted by Crippen LogP contribution is 2.50. The number of nitrogens with zero attached hydrogens (tertiary/aromatic N) is 2. The number of carbonyl (C=O) groups is 1. The summed E-state index contributed by atoms with van der Waals surface area (Å²) in [6.07, 6.45) is 1.58. The fourth-order valence-corrected chi connectivity index (χ4v) is 3.53. The van der Waals surface area contributed by atoms with Crippen LogP contribution in [-0.4, -0.2) is 27.0 Å². The van der Waals surface area contributed by atoms with E-state index in [1.54, 1.807) is 18.3 Å². The van der Waals surface area contributed by atoms with Gasteiger partial charge in [0, 0.05) is 11.8 Å². The van der Waals surface area contributed by atoms with Crippen molar-refractivity contribution in [1.29, 1.82) is 0 Å². The van der Waals surface area contributed by atoms with Gasteiger partial charge in [-0.05, 0) is 24.1 Å². The molecule has 0 bridgehead atoms. The van der Waals surface area contributed by atoms with E-state index in [9.17, 15) is 18.0 Å². The Hall–Kier alpha value is -3.62. The summed E-state index contributed by atoms with van der Waals surface area (Å²) in [6.45, 7) is 0. The summed E-state index contributed by atoms with van der Waals surface area (Å²) in [5.74, 6) is -0.420. The number of alkyl halides is 3. The molecule has 3 N–H and O–H groups in total. The van der Waals surface area contributed by atoms with Gasteiger partial charge >= 0.3 is 6.18 Å². The molecular weight excluding hydrogens is 397 g/mol. The first-order chi connectivity index (χ1) is 14.3. The number of para-hydroxylation sites is 1. The van der Waals surface area contributed by atoms with Crippen LogP contribution in [-0.2, 0) is 10.2 Å². The topological polar surface area (TPSA) is 93.9 Å². The Morgan fingerprint density at radius 3 is 2.73 bits per heavy atom. The van der Waals surface area contributed by atoms with Crippen LogP contribution in [0.2, 0.25) is 0 Å². The third kappa shape index (κ3) is 3.42. The molecule has 1 atom stereocenters. The number of amides is 1. The number of primary amides is 1. The highest BCUT2D eigenvalue weighted by atomic mass is 19.4. The van der Waals surface area contributed by atoms with Gasteiger partial charge in [-0.25, -0.2) is 9.97 Å². The molecule has 30 heavy (non-hydrogen) atoms. The quantitative estimate of drug-likeness (QED) is 0.651. The number of carbonyl (C=O) groups excluding carboxylic acids is 1. The van der Waals surface area contributed by atoms with Crippen LogP contribution in [0.3, 0.4) is 0 Å². The van der Waals surface area contributed by atoms with Gasteiger partial charge in [0.1, 0.15) is 23.1 Å². The lowest BCUT2D eigenvalue weighted by Gasteiger charge is -2.35. The van der Waals surface area contributed by atoms with Gasteiger partial charge in [-0.2, -0.15) is 13.2 Å². The molecule has 6 nitrogen and oxygen atoms in total. The third-order valence-electron chi connectivity index (χ3n) is 5.04. The van der Waals surface area contributed by atoms with Crippen LogP contribution in [0.1, 0.15) is 18.4 Å². The molecule has 9 heteroatoms. The van der Waals surface area contributed by atoms with E-state index < -0.39 is 17.5 Å². The summed E-state index contributed by atoms with van der Waals surface area (Å²) >= 11 is 0. The molecule has 0 spiro atoms. The number of nitrogens with one attached hydrogen (secondary N) is 1. The van der Waals surface area contributed by atoms with Crippen LogP contribution < -0.4 is 10.5 Å². The predicted octanol–water partition coefficient (Wildman–Crippen LogP) is 4.31. The SMILES string of the molecule is NC(=O)CC1=CCC(c2ccccc2Oc2ncnc3[nH]ccc23)(C(F)(F)F)C=C1. The number of nitrogens with two attached hydrogens (primary N) is 1. The minimum atomic E-state index is -4.60. The van der Waals surface area contributed by atoms with Crippen molar-refractivity contribution in [2.24, 2.45) is 5.73 Å². The monoisotopic (exact) mass is 414 g/mol. The molecule has 3 aromatic rings. The minimum Gasteiger partial charge on any atom is -0.438 e. The highest BCUT2D eigenvalue weighted by Gasteiger charge is 2.55. The van der Waals surface area contributed by atoms with Crippen LogP contribution in [0, 0.1) is 0 Å². The number of aromatic amines is 1. The maximum absolute atomic E-state index is 14.3.